The highest BCUT2D eigenvalue weighted by atomic mass is 35.5. The number of carbonyl (C=O) groups is 1. The average molecular weight is 237 g/mol. The summed E-state index contributed by atoms with van der Waals surface area (Å²) in [7, 11) is 0. The zero-order valence-corrected chi connectivity index (χ0v) is 9.63. The number of anilines is 2. The molecule has 1 aliphatic heterocycles. The maximum absolute atomic E-state index is 11.6. The fourth-order valence-corrected chi connectivity index (χ4v) is 2.35. The lowest BCUT2D eigenvalue weighted by molar-refractivity contribution is -0.115. The largest absolute Gasteiger partial charge is 0.366 e. The molecule has 0 atom stereocenters. The topological polar surface area (TPSA) is 32.3 Å². The molecule has 0 aromatic heterocycles. The quantitative estimate of drug-likeness (QED) is 0.813. The summed E-state index contributed by atoms with van der Waals surface area (Å²) in [5.74, 6) is 0.0756. The Morgan fingerprint density at radius 1 is 1.38 bits per heavy atom. The molecule has 0 unspecified atom stereocenters. The normalized spacial score (nSPS) is 20.1. The SMILES string of the molecule is O=C1CCN(C2CC2)c2ccc(Cl)cc2N1. The minimum absolute atomic E-state index is 0.0756. The predicted molar refractivity (Wildman–Crippen MR) is 65.1 cm³/mol. The highest BCUT2D eigenvalue weighted by molar-refractivity contribution is 6.31. The maximum atomic E-state index is 11.6. The van der Waals surface area contributed by atoms with Crippen LogP contribution in [0.4, 0.5) is 11.4 Å². The first kappa shape index (κ1) is 9.97. The van der Waals surface area contributed by atoms with Gasteiger partial charge in [0, 0.05) is 24.0 Å². The first-order chi connectivity index (χ1) is 7.74. The van der Waals surface area contributed by atoms with E-state index in [1.54, 1.807) is 0 Å². The summed E-state index contributed by atoms with van der Waals surface area (Å²) in [4.78, 5) is 13.9. The van der Waals surface area contributed by atoms with Crippen LogP contribution >= 0.6 is 11.6 Å². The van der Waals surface area contributed by atoms with Crippen molar-refractivity contribution in [3.05, 3.63) is 23.2 Å². The lowest BCUT2D eigenvalue weighted by Crippen LogP contribution is -2.26. The first-order valence-corrected chi connectivity index (χ1v) is 5.98. The maximum Gasteiger partial charge on any atom is 0.226 e. The van der Waals surface area contributed by atoms with E-state index in [0.717, 1.165) is 17.9 Å². The molecule has 1 aromatic rings. The number of nitrogens with one attached hydrogen (secondary N) is 1. The fraction of sp³-hybridized carbons (Fsp3) is 0.417. The van der Waals surface area contributed by atoms with E-state index in [9.17, 15) is 4.79 Å². The lowest BCUT2D eigenvalue weighted by atomic mass is 10.2. The molecule has 84 valence electrons. The highest BCUT2D eigenvalue weighted by Gasteiger charge is 2.32. The Bertz CT molecular complexity index is 443. The van der Waals surface area contributed by atoms with Crippen molar-refractivity contribution in [3.63, 3.8) is 0 Å². The second-order valence-corrected chi connectivity index (χ2v) is 4.82. The molecule has 0 bridgehead atoms. The molecular weight excluding hydrogens is 224 g/mol. The van der Waals surface area contributed by atoms with Gasteiger partial charge in [-0.25, -0.2) is 0 Å². The standard InChI is InChI=1S/C12H13ClN2O/c13-8-1-4-11-10(7-8)14-12(16)5-6-15(11)9-2-3-9/h1,4,7,9H,2-3,5-6H2,(H,14,16). The summed E-state index contributed by atoms with van der Waals surface area (Å²) in [6.07, 6.45) is 3.02. The second-order valence-electron chi connectivity index (χ2n) is 4.38. The van der Waals surface area contributed by atoms with Crippen molar-refractivity contribution in [2.75, 3.05) is 16.8 Å². The summed E-state index contributed by atoms with van der Waals surface area (Å²) in [5.41, 5.74) is 1.96. The van der Waals surface area contributed by atoms with Crippen LogP contribution < -0.4 is 10.2 Å². The van der Waals surface area contributed by atoms with E-state index in [4.69, 9.17) is 11.6 Å². The van der Waals surface area contributed by atoms with Gasteiger partial charge in [0.25, 0.3) is 0 Å². The van der Waals surface area contributed by atoms with Gasteiger partial charge in [0.1, 0.15) is 0 Å². The number of amides is 1. The minimum atomic E-state index is 0.0756. The Morgan fingerprint density at radius 2 is 2.19 bits per heavy atom. The molecule has 1 aliphatic carbocycles. The molecular formula is C12H13ClN2O. The van der Waals surface area contributed by atoms with E-state index in [0.29, 0.717) is 17.5 Å². The molecule has 1 amide bonds. The van der Waals surface area contributed by atoms with Crippen LogP contribution in [0.5, 0.6) is 0 Å². The molecule has 1 saturated carbocycles. The third kappa shape index (κ3) is 1.76. The number of benzene rings is 1. The van der Waals surface area contributed by atoms with Crippen LogP contribution in [0.15, 0.2) is 18.2 Å². The second kappa shape index (κ2) is 3.67. The van der Waals surface area contributed by atoms with E-state index < -0.39 is 0 Å². The van der Waals surface area contributed by atoms with Gasteiger partial charge in [-0.2, -0.15) is 0 Å². The lowest BCUT2D eigenvalue weighted by Gasteiger charge is -2.23. The summed E-state index contributed by atoms with van der Waals surface area (Å²) < 4.78 is 0. The van der Waals surface area contributed by atoms with E-state index in [2.05, 4.69) is 10.2 Å². The molecule has 2 aliphatic rings. The zero-order chi connectivity index (χ0) is 11.1. The fourth-order valence-electron chi connectivity index (χ4n) is 2.18. The van der Waals surface area contributed by atoms with Gasteiger partial charge in [-0.05, 0) is 31.0 Å². The summed E-state index contributed by atoms with van der Waals surface area (Å²) in [5, 5.41) is 3.57. The molecule has 0 radical (unpaired) electrons. The Balaban J connectivity index is 2.04. The van der Waals surface area contributed by atoms with Crippen molar-refractivity contribution in [1.29, 1.82) is 0 Å². The number of carbonyl (C=O) groups excluding carboxylic acids is 1. The van der Waals surface area contributed by atoms with Gasteiger partial charge >= 0.3 is 0 Å². The summed E-state index contributed by atoms with van der Waals surface area (Å²) in [6.45, 7) is 0.811. The number of hydrogen-bond acceptors (Lipinski definition) is 2. The number of fused-ring (bicyclic) bond motifs is 1. The predicted octanol–water partition coefficient (Wildman–Crippen LogP) is 2.65. The van der Waals surface area contributed by atoms with Crippen LogP contribution in [-0.4, -0.2) is 18.5 Å². The van der Waals surface area contributed by atoms with Crippen LogP contribution in [0, 0.1) is 0 Å². The van der Waals surface area contributed by atoms with Gasteiger partial charge in [-0.3, -0.25) is 4.79 Å². The van der Waals surface area contributed by atoms with E-state index in [-0.39, 0.29) is 5.91 Å². The van der Waals surface area contributed by atoms with Crippen LogP contribution in [-0.2, 0) is 4.79 Å². The molecule has 0 saturated heterocycles. The number of rotatable bonds is 1. The smallest absolute Gasteiger partial charge is 0.226 e. The van der Waals surface area contributed by atoms with E-state index >= 15 is 0 Å². The molecule has 0 spiro atoms. The van der Waals surface area contributed by atoms with Gasteiger partial charge in [0.15, 0.2) is 0 Å². The van der Waals surface area contributed by atoms with Crippen molar-refractivity contribution in [3.8, 4) is 0 Å². The van der Waals surface area contributed by atoms with Gasteiger partial charge in [-0.15, -0.1) is 0 Å². The Labute approximate surface area is 99.4 Å². The third-order valence-electron chi connectivity index (χ3n) is 3.11. The Morgan fingerprint density at radius 3 is 2.94 bits per heavy atom. The van der Waals surface area contributed by atoms with Crippen molar-refractivity contribution in [2.45, 2.75) is 25.3 Å². The van der Waals surface area contributed by atoms with Crippen molar-refractivity contribution in [1.82, 2.24) is 0 Å². The van der Waals surface area contributed by atoms with Gasteiger partial charge in [-0.1, -0.05) is 11.6 Å². The van der Waals surface area contributed by atoms with Crippen molar-refractivity contribution >= 4 is 28.9 Å². The molecule has 1 fully saturated rings. The number of halogens is 1. The third-order valence-corrected chi connectivity index (χ3v) is 3.34. The van der Waals surface area contributed by atoms with Crippen LogP contribution in [0.1, 0.15) is 19.3 Å². The monoisotopic (exact) mass is 236 g/mol. The van der Waals surface area contributed by atoms with Gasteiger partial charge < -0.3 is 10.2 Å². The minimum Gasteiger partial charge on any atom is -0.366 e. The van der Waals surface area contributed by atoms with Gasteiger partial charge in [0.2, 0.25) is 5.91 Å². The van der Waals surface area contributed by atoms with E-state index in [1.807, 2.05) is 18.2 Å². The van der Waals surface area contributed by atoms with Crippen molar-refractivity contribution < 1.29 is 4.79 Å². The molecule has 1 N–H and O–H groups in total. The zero-order valence-electron chi connectivity index (χ0n) is 8.87. The molecule has 1 heterocycles. The van der Waals surface area contributed by atoms with Crippen LogP contribution in [0.2, 0.25) is 5.02 Å². The molecule has 1 aromatic carbocycles. The van der Waals surface area contributed by atoms with Crippen LogP contribution in [0.25, 0.3) is 0 Å². The Hall–Kier alpha value is -1.22. The molecule has 3 nitrogen and oxygen atoms in total. The molecule has 3 rings (SSSR count). The number of hydrogen-bond donors (Lipinski definition) is 1. The molecule has 4 heteroatoms. The molecule has 16 heavy (non-hydrogen) atoms. The average Bonchev–Trinajstić information content (AvgIpc) is 3.03. The van der Waals surface area contributed by atoms with E-state index in [1.165, 1.54) is 12.8 Å². The highest BCUT2D eigenvalue weighted by Crippen LogP contribution is 2.38. The summed E-state index contributed by atoms with van der Waals surface area (Å²) >= 11 is 5.95. The van der Waals surface area contributed by atoms with Gasteiger partial charge in [0.05, 0.1) is 11.4 Å². The number of nitrogens with zero attached hydrogens (tertiary/aromatic N) is 1. The summed E-state index contributed by atoms with van der Waals surface area (Å²) in [6, 6.07) is 6.33. The van der Waals surface area contributed by atoms with Crippen LogP contribution in [0.3, 0.4) is 0 Å². The Kier molecular flexibility index (Phi) is 2.28. The first-order valence-electron chi connectivity index (χ1n) is 5.60. The van der Waals surface area contributed by atoms with Crippen molar-refractivity contribution in [2.24, 2.45) is 0 Å².